The van der Waals surface area contributed by atoms with Crippen LogP contribution in [0, 0.1) is 12.8 Å². The van der Waals surface area contributed by atoms with E-state index in [1.807, 2.05) is 45.0 Å². The molecule has 0 heterocycles. The Labute approximate surface area is 214 Å². The zero-order chi connectivity index (χ0) is 26.2. The van der Waals surface area contributed by atoms with E-state index in [-0.39, 0.29) is 24.8 Å². The quantitative estimate of drug-likeness (QED) is 0.449. The molecule has 0 fully saturated rings. The number of amides is 2. The summed E-state index contributed by atoms with van der Waals surface area (Å²) in [6.07, 6.45) is 1.54. The van der Waals surface area contributed by atoms with E-state index in [1.165, 1.54) is 4.31 Å². The van der Waals surface area contributed by atoms with Gasteiger partial charge in [0.05, 0.1) is 11.9 Å². The summed E-state index contributed by atoms with van der Waals surface area (Å²) in [5, 5.41) is 3.41. The van der Waals surface area contributed by atoms with E-state index in [1.54, 1.807) is 36.1 Å². The van der Waals surface area contributed by atoms with E-state index in [4.69, 9.17) is 11.6 Å². The number of halogens is 1. The van der Waals surface area contributed by atoms with Gasteiger partial charge in [-0.2, -0.15) is 0 Å². The number of anilines is 1. The largest absolute Gasteiger partial charge is 0.354 e. The predicted molar refractivity (Wildman–Crippen MR) is 142 cm³/mol. The number of hydrogen-bond donors (Lipinski definition) is 1. The summed E-state index contributed by atoms with van der Waals surface area (Å²) < 4.78 is 26.0. The Morgan fingerprint density at radius 3 is 2.29 bits per heavy atom. The maximum absolute atomic E-state index is 13.3. The number of benzene rings is 2. The third-order valence-electron chi connectivity index (χ3n) is 5.55. The summed E-state index contributed by atoms with van der Waals surface area (Å²) in [6, 6.07) is 13.7. The van der Waals surface area contributed by atoms with Crippen molar-refractivity contribution in [1.82, 2.24) is 10.2 Å². The molecule has 0 radical (unpaired) electrons. The van der Waals surface area contributed by atoms with Crippen LogP contribution in [-0.2, 0) is 26.2 Å². The van der Waals surface area contributed by atoms with Gasteiger partial charge in [0, 0.05) is 31.1 Å². The molecule has 0 unspecified atom stereocenters. The standard InChI is InChI=1S/C26H36ClN3O4S/c1-19(2)17-28-26(32)21(4)29(18-22-9-6-8-20(3)16-22)25(31)10-7-15-30(35(5,33)34)24-13-11-23(27)12-14-24/h6,8-9,11-14,16,19,21H,7,10,15,17-18H2,1-5H3,(H,28,32)/t21-/m0/s1. The number of nitrogens with zero attached hydrogens (tertiary/aromatic N) is 2. The fraction of sp³-hybridized carbons (Fsp3) is 0.462. The van der Waals surface area contributed by atoms with Gasteiger partial charge in [-0.15, -0.1) is 0 Å². The molecule has 0 spiro atoms. The minimum absolute atomic E-state index is 0.104. The summed E-state index contributed by atoms with van der Waals surface area (Å²) in [5.74, 6) is -0.121. The average molecular weight is 522 g/mol. The topological polar surface area (TPSA) is 86.8 Å². The highest BCUT2D eigenvalue weighted by molar-refractivity contribution is 7.92. The Morgan fingerprint density at radius 1 is 1.06 bits per heavy atom. The molecule has 0 bridgehead atoms. The molecule has 35 heavy (non-hydrogen) atoms. The lowest BCUT2D eigenvalue weighted by atomic mass is 10.1. The van der Waals surface area contributed by atoms with Crippen LogP contribution in [0.15, 0.2) is 48.5 Å². The molecule has 9 heteroatoms. The predicted octanol–water partition coefficient (Wildman–Crippen LogP) is 4.38. The van der Waals surface area contributed by atoms with Crippen LogP contribution in [0.5, 0.6) is 0 Å². The van der Waals surface area contributed by atoms with Gasteiger partial charge in [-0.1, -0.05) is 55.3 Å². The van der Waals surface area contributed by atoms with Gasteiger partial charge in [-0.3, -0.25) is 13.9 Å². The first-order valence-electron chi connectivity index (χ1n) is 11.7. The normalized spacial score (nSPS) is 12.3. The van der Waals surface area contributed by atoms with Crippen molar-refractivity contribution in [3.05, 3.63) is 64.7 Å². The lowest BCUT2D eigenvalue weighted by Gasteiger charge is -2.30. The average Bonchev–Trinajstić information content (AvgIpc) is 2.78. The lowest BCUT2D eigenvalue weighted by molar-refractivity contribution is -0.140. The van der Waals surface area contributed by atoms with Crippen LogP contribution in [0.25, 0.3) is 0 Å². The Balaban J connectivity index is 2.15. The smallest absolute Gasteiger partial charge is 0.242 e. The van der Waals surface area contributed by atoms with Gasteiger partial charge in [0.2, 0.25) is 21.8 Å². The van der Waals surface area contributed by atoms with Crippen LogP contribution in [0.2, 0.25) is 5.02 Å². The first-order chi connectivity index (χ1) is 16.4. The molecule has 2 amide bonds. The first kappa shape index (κ1) is 28.7. The van der Waals surface area contributed by atoms with Gasteiger partial charge in [-0.25, -0.2) is 8.42 Å². The van der Waals surface area contributed by atoms with Crippen molar-refractivity contribution < 1.29 is 18.0 Å². The first-order valence-corrected chi connectivity index (χ1v) is 14.0. The molecule has 1 N–H and O–H groups in total. The van der Waals surface area contributed by atoms with Gasteiger partial charge in [-0.05, 0) is 56.0 Å². The van der Waals surface area contributed by atoms with E-state index in [0.717, 1.165) is 17.4 Å². The molecule has 0 saturated carbocycles. The van der Waals surface area contributed by atoms with Crippen molar-refractivity contribution in [2.75, 3.05) is 23.7 Å². The van der Waals surface area contributed by atoms with Crippen LogP contribution >= 0.6 is 11.6 Å². The number of nitrogens with one attached hydrogen (secondary N) is 1. The molecule has 0 aliphatic carbocycles. The maximum atomic E-state index is 13.3. The Morgan fingerprint density at radius 2 is 1.71 bits per heavy atom. The maximum Gasteiger partial charge on any atom is 0.242 e. The van der Waals surface area contributed by atoms with E-state index < -0.39 is 16.1 Å². The summed E-state index contributed by atoms with van der Waals surface area (Å²) >= 11 is 5.93. The lowest BCUT2D eigenvalue weighted by Crippen LogP contribution is -2.48. The highest BCUT2D eigenvalue weighted by atomic mass is 35.5. The Hall–Kier alpha value is -2.58. The number of carbonyl (C=O) groups excluding carboxylic acids is 2. The van der Waals surface area contributed by atoms with Crippen molar-refractivity contribution in [3.8, 4) is 0 Å². The van der Waals surface area contributed by atoms with Crippen molar-refractivity contribution >= 4 is 39.1 Å². The second kappa shape index (κ2) is 12.9. The Bertz CT molecular complexity index is 1100. The molecule has 0 aliphatic rings. The van der Waals surface area contributed by atoms with Crippen LogP contribution in [0.4, 0.5) is 5.69 Å². The summed E-state index contributed by atoms with van der Waals surface area (Å²) in [6.45, 7) is 8.68. The number of sulfonamides is 1. The SMILES string of the molecule is Cc1cccc(CN(C(=O)CCCN(c2ccc(Cl)cc2)S(C)(=O)=O)[C@@H](C)C(=O)NCC(C)C)c1. The molecule has 192 valence electrons. The van der Waals surface area contributed by atoms with Crippen LogP contribution in [-0.4, -0.2) is 50.5 Å². The number of carbonyl (C=O) groups is 2. The van der Waals surface area contributed by atoms with E-state index >= 15 is 0 Å². The third-order valence-corrected chi connectivity index (χ3v) is 7.00. The van der Waals surface area contributed by atoms with E-state index in [2.05, 4.69) is 5.32 Å². The Kier molecular flexibility index (Phi) is 10.6. The number of hydrogen-bond acceptors (Lipinski definition) is 4. The zero-order valence-electron chi connectivity index (χ0n) is 21.1. The molecular formula is C26H36ClN3O4S. The van der Waals surface area contributed by atoms with Crippen molar-refractivity contribution in [3.63, 3.8) is 0 Å². The van der Waals surface area contributed by atoms with Crippen LogP contribution in [0.1, 0.15) is 44.7 Å². The van der Waals surface area contributed by atoms with Crippen molar-refractivity contribution in [2.45, 2.75) is 53.1 Å². The van der Waals surface area contributed by atoms with Gasteiger partial charge < -0.3 is 10.2 Å². The number of aryl methyl sites for hydroxylation is 1. The van der Waals surface area contributed by atoms with Gasteiger partial charge >= 0.3 is 0 Å². The van der Waals surface area contributed by atoms with E-state index in [0.29, 0.717) is 36.1 Å². The summed E-state index contributed by atoms with van der Waals surface area (Å²) in [4.78, 5) is 27.6. The molecular weight excluding hydrogens is 486 g/mol. The fourth-order valence-electron chi connectivity index (χ4n) is 3.65. The van der Waals surface area contributed by atoms with Crippen molar-refractivity contribution in [2.24, 2.45) is 5.92 Å². The molecule has 0 saturated heterocycles. The molecule has 0 aromatic heterocycles. The minimum atomic E-state index is -3.55. The molecule has 2 aromatic carbocycles. The second-order valence-corrected chi connectivity index (χ2v) is 11.6. The van der Waals surface area contributed by atoms with Crippen LogP contribution in [0.3, 0.4) is 0 Å². The molecule has 0 aliphatic heterocycles. The van der Waals surface area contributed by atoms with Gasteiger partial charge in [0.25, 0.3) is 0 Å². The van der Waals surface area contributed by atoms with Gasteiger partial charge in [0.15, 0.2) is 0 Å². The zero-order valence-corrected chi connectivity index (χ0v) is 22.7. The highest BCUT2D eigenvalue weighted by Gasteiger charge is 2.26. The highest BCUT2D eigenvalue weighted by Crippen LogP contribution is 2.21. The number of rotatable bonds is 12. The van der Waals surface area contributed by atoms with Crippen molar-refractivity contribution in [1.29, 1.82) is 0 Å². The molecule has 7 nitrogen and oxygen atoms in total. The second-order valence-electron chi connectivity index (χ2n) is 9.24. The molecule has 2 aromatic rings. The summed E-state index contributed by atoms with van der Waals surface area (Å²) in [5.41, 5.74) is 2.49. The van der Waals surface area contributed by atoms with Crippen LogP contribution < -0.4 is 9.62 Å². The van der Waals surface area contributed by atoms with Gasteiger partial charge in [0.1, 0.15) is 6.04 Å². The third kappa shape index (κ3) is 9.18. The molecule has 1 atom stereocenters. The van der Waals surface area contributed by atoms with E-state index in [9.17, 15) is 18.0 Å². The minimum Gasteiger partial charge on any atom is -0.354 e. The summed E-state index contributed by atoms with van der Waals surface area (Å²) in [7, 11) is -3.55. The monoisotopic (exact) mass is 521 g/mol. The molecule has 2 rings (SSSR count). The fourth-order valence-corrected chi connectivity index (χ4v) is 4.74.